The summed E-state index contributed by atoms with van der Waals surface area (Å²) < 4.78 is 13.7. The second kappa shape index (κ2) is 8.55. The van der Waals surface area contributed by atoms with Crippen molar-refractivity contribution in [3.63, 3.8) is 0 Å². The van der Waals surface area contributed by atoms with E-state index >= 15 is 0 Å². The van der Waals surface area contributed by atoms with Crippen LogP contribution in [0, 0.1) is 20.8 Å². The number of nitrogens with zero attached hydrogens (tertiary/aromatic N) is 3. The molecule has 4 rings (SSSR count). The third kappa shape index (κ3) is 4.46. The maximum Gasteiger partial charge on any atom is 0.277 e. The van der Waals surface area contributed by atoms with Gasteiger partial charge in [-0.15, -0.1) is 10.2 Å². The second-order valence-corrected chi connectivity index (χ2v) is 8.41. The van der Waals surface area contributed by atoms with Crippen LogP contribution in [0.25, 0.3) is 11.5 Å². The molecule has 1 fully saturated rings. The van der Waals surface area contributed by atoms with Crippen molar-refractivity contribution in [2.24, 2.45) is 0 Å². The molecule has 0 spiro atoms. The van der Waals surface area contributed by atoms with Crippen LogP contribution in [0.4, 0.5) is 0 Å². The zero-order valence-corrected chi connectivity index (χ0v) is 17.8. The zero-order chi connectivity index (χ0) is 20.4. The highest BCUT2D eigenvalue weighted by Crippen LogP contribution is 2.26. The van der Waals surface area contributed by atoms with Crippen molar-refractivity contribution in [2.45, 2.75) is 51.5 Å². The second-order valence-electron chi connectivity index (χ2n) is 7.48. The highest BCUT2D eigenvalue weighted by molar-refractivity contribution is 7.99. The maximum absolute atomic E-state index is 12.8. The van der Waals surface area contributed by atoms with E-state index in [2.05, 4.69) is 14.8 Å². The average molecular weight is 412 g/mol. The molecule has 1 atom stereocenters. The molecular formula is C22H25N3O3S. The van der Waals surface area contributed by atoms with Gasteiger partial charge in [-0.1, -0.05) is 29.5 Å². The van der Waals surface area contributed by atoms with E-state index in [1.54, 1.807) is 0 Å². The third-order valence-electron chi connectivity index (χ3n) is 5.32. The summed E-state index contributed by atoms with van der Waals surface area (Å²) in [6.45, 7) is 7.71. The lowest BCUT2D eigenvalue weighted by molar-refractivity contribution is 0.0957. The predicted molar refractivity (Wildman–Crippen MR) is 112 cm³/mol. The first-order valence-corrected chi connectivity index (χ1v) is 10.8. The molecule has 0 amide bonds. The van der Waals surface area contributed by atoms with Gasteiger partial charge in [-0.05, 0) is 51.8 Å². The molecule has 7 heteroatoms. The van der Waals surface area contributed by atoms with Gasteiger partial charge < -0.3 is 13.7 Å². The van der Waals surface area contributed by atoms with Crippen molar-refractivity contribution in [2.75, 3.05) is 12.4 Å². The number of aromatic nitrogens is 3. The van der Waals surface area contributed by atoms with Gasteiger partial charge in [0, 0.05) is 35.7 Å². The fraction of sp³-hybridized carbons (Fsp3) is 0.409. The summed E-state index contributed by atoms with van der Waals surface area (Å²) in [5.74, 6) is 0.797. The van der Waals surface area contributed by atoms with E-state index in [1.165, 1.54) is 17.3 Å². The first-order valence-electron chi connectivity index (χ1n) is 9.86. The van der Waals surface area contributed by atoms with E-state index < -0.39 is 0 Å². The van der Waals surface area contributed by atoms with Gasteiger partial charge in [0.05, 0.1) is 11.9 Å². The largest absolute Gasteiger partial charge is 0.411 e. The smallest absolute Gasteiger partial charge is 0.277 e. The highest BCUT2D eigenvalue weighted by Gasteiger charge is 2.21. The number of ketones is 1. The van der Waals surface area contributed by atoms with Crippen molar-refractivity contribution >= 4 is 17.5 Å². The molecule has 2 aromatic heterocycles. The van der Waals surface area contributed by atoms with E-state index in [-0.39, 0.29) is 17.6 Å². The number of carbonyl (C=O) groups excluding carboxylic acids is 1. The van der Waals surface area contributed by atoms with Crippen LogP contribution in [-0.4, -0.2) is 39.0 Å². The van der Waals surface area contributed by atoms with E-state index in [4.69, 9.17) is 9.15 Å². The van der Waals surface area contributed by atoms with E-state index in [9.17, 15) is 4.79 Å². The quantitative estimate of drug-likeness (QED) is 0.417. The molecule has 0 saturated carbocycles. The van der Waals surface area contributed by atoms with Crippen LogP contribution < -0.4 is 0 Å². The average Bonchev–Trinajstić information content (AvgIpc) is 3.45. The van der Waals surface area contributed by atoms with Crippen LogP contribution in [0.1, 0.15) is 40.2 Å². The summed E-state index contributed by atoms with van der Waals surface area (Å²) in [6.07, 6.45) is 2.44. The Labute approximate surface area is 174 Å². The van der Waals surface area contributed by atoms with Gasteiger partial charge >= 0.3 is 0 Å². The maximum atomic E-state index is 12.8. The molecule has 3 heterocycles. The van der Waals surface area contributed by atoms with Crippen LogP contribution in [0.3, 0.4) is 0 Å². The van der Waals surface area contributed by atoms with E-state index in [1.807, 2.05) is 51.1 Å². The van der Waals surface area contributed by atoms with Gasteiger partial charge in [0.2, 0.25) is 5.89 Å². The lowest BCUT2D eigenvalue weighted by Crippen LogP contribution is -2.17. The molecule has 0 unspecified atom stereocenters. The van der Waals surface area contributed by atoms with Crippen LogP contribution in [-0.2, 0) is 11.3 Å². The SMILES string of the molecule is Cc1ccc(-c2nnc(SCC(=O)c3cc(C)n(C[C@@H]4CCCO4)c3C)o2)cc1. The Bertz CT molecular complexity index is 1000. The third-order valence-corrected chi connectivity index (χ3v) is 6.13. The van der Waals surface area contributed by atoms with Gasteiger partial charge in [0.1, 0.15) is 0 Å². The standard InChI is InChI=1S/C22H25N3O3S/c1-14-6-8-17(9-7-14)21-23-24-22(28-21)29-13-20(26)19-11-15(2)25(16(19)3)12-18-5-4-10-27-18/h6-9,11,18H,4-5,10,12-13H2,1-3H3/t18-/m0/s1. The Kier molecular flexibility index (Phi) is 5.87. The molecule has 3 aromatic rings. The zero-order valence-electron chi connectivity index (χ0n) is 17.0. The van der Waals surface area contributed by atoms with Gasteiger partial charge in [-0.25, -0.2) is 0 Å². The predicted octanol–water partition coefficient (Wildman–Crippen LogP) is 4.62. The molecule has 0 radical (unpaired) electrons. The highest BCUT2D eigenvalue weighted by atomic mass is 32.2. The van der Waals surface area contributed by atoms with Crippen LogP contribution in [0.15, 0.2) is 40.0 Å². The number of hydrogen-bond donors (Lipinski definition) is 0. The molecule has 6 nitrogen and oxygen atoms in total. The fourth-order valence-corrected chi connectivity index (χ4v) is 4.29. The number of carbonyl (C=O) groups is 1. The first kappa shape index (κ1) is 19.9. The molecule has 1 aliphatic rings. The number of ether oxygens (including phenoxy) is 1. The molecule has 1 aliphatic heterocycles. The van der Waals surface area contributed by atoms with E-state index in [0.717, 1.165) is 48.5 Å². The summed E-state index contributed by atoms with van der Waals surface area (Å²) >= 11 is 1.27. The Morgan fingerprint density at radius 1 is 1.21 bits per heavy atom. The normalized spacial score (nSPS) is 16.4. The minimum absolute atomic E-state index is 0.0665. The van der Waals surface area contributed by atoms with Gasteiger partial charge in [-0.2, -0.15) is 0 Å². The number of rotatable bonds is 7. The van der Waals surface area contributed by atoms with Crippen molar-refractivity contribution in [1.29, 1.82) is 0 Å². The molecule has 1 aromatic carbocycles. The summed E-state index contributed by atoms with van der Waals surface area (Å²) in [4.78, 5) is 12.8. The topological polar surface area (TPSA) is 70.2 Å². The summed E-state index contributed by atoms with van der Waals surface area (Å²) in [7, 11) is 0. The molecule has 29 heavy (non-hydrogen) atoms. The molecule has 152 valence electrons. The number of thioether (sulfide) groups is 1. The minimum atomic E-state index is 0.0665. The van der Waals surface area contributed by atoms with Crippen LogP contribution in [0.5, 0.6) is 0 Å². The number of aryl methyl sites for hydroxylation is 2. The minimum Gasteiger partial charge on any atom is -0.411 e. The van der Waals surface area contributed by atoms with Gasteiger partial charge in [0.15, 0.2) is 5.78 Å². The summed E-state index contributed by atoms with van der Waals surface area (Å²) in [5.41, 5.74) is 4.89. The Morgan fingerprint density at radius 2 is 2.00 bits per heavy atom. The van der Waals surface area contributed by atoms with Gasteiger partial charge in [-0.3, -0.25) is 4.79 Å². The Hall–Kier alpha value is -2.38. The monoisotopic (exact) mass is 411 g/mol. The fourth-order valence-electron chi connectivity index (χ4n) is 3.64. The lowest BCUT2D eigenvalue weighted by Gasteiger charge is -2.14. The Morgan fingerprint density at radius 3 is 2.72 bits per heavy atom. The van der Waals surface area contributed by atoms with Crippen LogP contribution in [0.2, 0.25) is 0 Å². The van der Waals surface area contributed by atoms with E-state index in [0.29, 0.717) is 11.1 Å². The number of benzene rings is 1. The lowest BCUT2D eigenvalue weighted by atomic mass is 10.1. The van der Waals surface area contributed by atoms with Crippen molar-refractivity contribution < 1.29 is 13.9 Å². The van der Waals surface area contributed by atoms with Crippen LogP contribution >= 0.6 is 11.8 Å². The molecule has 0 bridgehead atoms. The molecule has 0 aliphatic carbocycles. The van der Waals surface area contributed by atoms with Gasteiger partial charge in [0.25, 0.3) is 5.22 Å². The molecule has 0 N–H and O–H groups in total. The summed E-state index contributed by atoms with van der Waals surface area (Å²) in [5, 5.41) is 8.56. The molecule has 1 saturated heterocycles. The van der Waals surface area contributed by atoms with Crippen molar-refractivity contribution in [3.05, 3.63) is 52.8 Å². The Balaban J connectivity index is 1.40. The van der Waals surface area contributed by atoms with Crippen molar-refractivity contribution in [1.82, 2.24) is 14.8 Å². The van der Waals surface area contributed by atoms with Crippen molar-refractivity contribution in [3.8, 4) is 11.5 Å². The first-order chi connectivity index (χ1) is 14.0. The summed E-state index contributed by atoms with van der Waals surface area (Å²) in [6, 6.07) is 9.87. The molecular weight excluding hydrogens is 386 g/mol. The number of Topliss-reactive ketones (excluding diaryl/α,β-unsaturated/α-hetero) is 1. The number of hydrogen-bond acceptors (Lipinski definition) is 6.